The molecule has 1 aliphatic rings. The Hall–Kier alpha value is -4.28. The second kappa shape index (κ2) is 15.4. The molecule has 238 valence electrons. The van der Waals surface area contributed by atoms with Crippen molar-refractivity contribution in [2.24, 2.45) is 0 Å². The lowest BCUT2D eigenvalue weighted by molar-refractivity contribution is 0.0502. The van der Waals surface area contributed by atoms with E-state index in [2.05, 4.69) is 27.8 Å². The zero-order valence-corrected chi connectivity index (χ0v) is 26.3. The summed E-state index contributed by atoms with van der Waals surface area (Å²) >= 11 is 0. The van der Waals surface area contributed by atoms with Crippen LogP contribution in [0.1, 0.15) is 87.3 Å². The first-order chi connectivity index (χ1) is 21.1. The molecule has 4 rings (SSSR count). The van der Waals surface area contributed by atoms with Gasteiger partial charge in [-0.25, -0.2) is 14.3 Å². The molecule has 1 N–H and O–H groups in total. The summed E-state index contributed by atoms with van der Waals surface area (Å²) < 4.78 is 29.6. The first-order valence-electron chi connectivity index (χ1n) is 15.2. The summed E-state index contributed by atoms with van der Waals surface area (Å²) in [6.07, 6.45) is 3.78. The molecule has 11 nitrogen and oxygen atoms in total. The molecule has 0 atom stereocenters. The molecule has 0 aliphatic heterocycles. The molecular formula is C33H44N4O7. The Bertz CT molecular complexity index is 1340. The second-order valence-corrected chi connectivity index (χ2v) is 11.8. The van der Waals surface area contributed by atoms with Crippen LogP contribution in [0.15, 0.2) is 48.5 Å². The average Bonchev–Trinajstić information content (AvgIpc) is 3.39. The van der Waals surface area contributed by atoms with Crippen LogP contribution >= 0.6 is 0 Å². The highest BCUT2D eigenvalue weighted by Gasteiger charge is 2.29. The van der Waals surface area contributed by atoms with Crippen molar-refractivity contribution in [3.63, 3.8) is 0 Å². The number of methoxy groups -OCH3 is 1. The normalized spacial score (nSPS) is 16.6. The molecule has 44 heavy (non-hydrogen) atoms. The maximum Gasteiger partial charge on any atom is 0.407 e. The molecule has 1 heterocycles. The van der Waals surface area contributed by atoms with Gasteiger partial charge < -0.3 is 29.0 Å². The van der Waals surface area contributed by atoms with Crippen molar-refractivity contribution in [1.29, 1.82) is 0 Å². The summed E-state index contributed by atoms with van der Waals surface area (Å²) in [4.78, 5) is 24.4. The van der Waals surface area contributed by atoms with Crippen LogP contribution in [0.2, 0.25) is 0 Å². The summed E-state index contributed by atoms with van der Waals surface area (Å²) in [5.74, 6) is 1.77. The van der Waals surface area contributed by atoms with E-state index in [1.54, 1.807) is 18.7 Å². The minimum atomic E-state index is -0.543. The lowest BCUT2D eigenvalue weighted by Crippen LogP contribution is -2.33. The molecule has 1 aromatic heterocycles. The number of hydrogen-bond acceptors (Lipinski definition) is 9. The Morgan fingerprint density at radius 2 is 1.66 bits per heavy atom. The van der Waals surface area contributed by atoms with E-state index in [1.807, 2.05) is 57.2 Å². The van der Waals surface area contributed by atoms with Gasteiger partial charge in [-0.05, 0) is 101 Å². The van der Waals surface area contributed by atoms with Crippen LogP contribution in [-0.2, 0) is 16.0 Å². The maximum atomic E-state index is 12.6. The van der Waals surface area contributed by atoms with Gasteiger partial charge >= 0.3 is 12.1 Å². The quantitative estimate of drug-likeness (QED) is 0.186. The second-order valence-electron chi connectivity index (χ2n) is 11.8. The molecule has 0 radical (unpaired) electrons. The predicted octanol–water partition coefficient (Wildman–Crippen LogP) is 5.91. The Balaban J connectivity index is 1.27. The number of carbonyl (C=O) groups is 2. The summed E-state index contributed by atoms with van der Waals surface area (Å²) in [7, 11) is 1.63. The number of ether oxygens (including phenoxy) is 5. The van der Waals surface area contributed by atoms with Gasteiger partial charge in [-0.15, -0.1) is 5.10 Å². The number of alkyl carbamates (subject to hydrolysis) is 1. The van der Waals surface area contributed by atoms with Crippen molar-refractivity contribution in [1.82, 2.24) is 20.3 Å². The fraction of sp³-hybridized carbons (Fsp3) is 0.515. The van der Waals surface area contributed by atoms with Gasteiger partial charge in [0.2, 0.25) is 11.6 Å². The largest absolute Gasteiger partial charge is 0.497 e. The standard InChI is InChI=1S/C33H44N4O7/c1-6-41-31(38)29-30(37(36-35-29)22-23-8-14-26(40-5)15-9-23)43-28-18-12-25(13-19-28)24-10-16-27(17-11-24)42-21-7-20-34-32(39)44-33(2,3)4/h8-11,14-17,25,28H,6-7,12-13,18-22H2,1-5H3,(H,34,39)/t25-,28-. The van der Waals surface area contributed by atoms with Crippen LogP contribution < -0.4 is 19.5 Å². The molecule has 11 heteroatoms. The molecule has 1 saturated carbocycles. The first-order valence-corrected chi connectivity index (χ1v) is 15.2. The predicted molar refractivity (Wildman–Crippen MR) is 164 cm³/mol. The summed E-state index contributed by atoms with van der Waals surface area (Å²) in [6.45, 7) is 8.88. The van der Waals surface area contributed by atoms with Gasteiger partial charge in [0.15, 0.2) is 0 Å². The number of esters is 1. The molecule has 0 saturated heterocycles. The molecular weight excluding hydrogens is 564 g/mol. The van der Waals surface area contributed by atoms with E-state index in [0.29, 0.717) is 37.9 Å². The Morgan fingerprint density at radius 3 is 2.30 bits per heavy atom. The number of rotatable bonds is 13. The Kier molecular flexibility index (Phi) is 11.5. The van der Waals surface area contributed by atoms with Crippen molar-refractivity contribution in [3.05, 3.63) is 65.4 Å². The van der Waals surface area contributed by atoms with Gasteiger partial charge in [0.25, 0.3) is 0 Å². The monoisotopic (exact) mass is 608 g/mol. The number of amides is 1. The lowest BCUT2D eigenvalue weighted by atomic mass is 9.83. The van der Waals surface area contributed by atoms with E-state index >= 15 is 0 Å². The summed E-state index contributed by atoms with van der Waals surface area (Å²) in [5.41, 5.74) is 1.82. The minimum absolute atomic E-state index is 0.0653. The van der Waals surface area contributed by atoms with Crippen molar-refractivity contribution in [2.45, 2.75) is 84.0 Å². The van der Waals surface area contributed by atoms with E-state index in [4.69, 9.17) is 23.7 Å². The fourth-order valence-electron chi connectivity index (χ4n) is 5.03. The number of benzene rings is 2. The van der Waals surface area contributed by atoms with Gasteiger partial charge in [0.1, 0.15) is 23.2 Å². The smallest absolute Gasteiger partial charge is 0.407 e. The summed E-state index contributed by atoms with van der Waals surface area (Å²) in [6, 6.07) is 15.9. The molecule has 2 aromatic carbocycles. The van der Waals surface area contributed by atoms with Crippen LogP contribution in [0.3, 0.4) is 0 Å². The molecule has 3 aromatic rings. The van der Waals surface area contributed by atoms with Crippen LogP contribution in [0, 0.1) is 0 Å². The number of carbonyl (C=O) groups excluding carboxylic acids is 2. The van der Waals surface area contributed by atoms with Crippen molar-refractivity contribution in [3.8, 4) is 17.4 Å². The molecule has 0 bridgehead atoms. The zero-order chi connectivity index (χ0) is 31.5. The van der Waals surface area contributed by atoms with E-state index in [1.165, 1.54) is 5.56 Å². The minimum Gasteiger partial charge on any atom is -0.497 e. The van der Waals surface area contributed by atoms with E-state index in [9.17, 15) is 9.59 Å². The lowest BCUT2D eigenvalue weighted by Gasteiger charge is -2.29. The van der Waals surface area contributed by atoms with Gasteiger partial charge in [-0.3, -0.25) is 0 Å². The number of aromatic nitrogens is 3. The number of nitrogens with one attached hydrogen (secondary N) is 1. The van der Waals surface area contributed by atoms with Crippen LogP contribution in [0.4, 0.5) is 4.79 Å². The summed E-state index contributed by atoms with van der Waals surface area (Å²) in [5, 5.41) is 11.1. The topological polar surface area (TPSA) is 123 Å². The molecule has 1 amide bonds. The molecule has 0 spiro atoms. The van der Waals surface area contributed by atoms with Gasteiger partial charge in [-0.2, -0.15) is 0 Å². The van der Waals surface area contributed by atoms with E-state index in [0.717, 1.165) is 42.7 Å². The molecule has 1 aliphatic carbocycles. The highest BCUT2D eigenvalue weighted by Crippen LogP contribution is 2.36. The van der Waals surface area contributed by atoms with Crippen LogP contribution in [0.25, 0.3) is 0 Å². The highest BCUT2D eigenvalue weighted by molar-refractivity contribution is 5.89. The average molecular weight is 609 g/mol. The Labute approximate surface area is 259 Å². The van der Waals surface area contributed by atoms with Crippen molar-refractivity contribution >= 4 is 12.1 Å². The third-order valence-electron chi connectivity index (χ3n) is 7.21. The Morgan fingerprint density at radius 1 is 0.977 bits per heavy atom. The SMILES string of the molecule is CCOC(=O)c1nnn(Cc2ccc(OC)cc2)c1O[C@H]1CC[C@H](c2ccc(OCCCNC(=O)OC(C)(C)C)cc2)CC1. The molecule has 1 fully saturated rings. The molecule has 0 unspecified atom stereocenters. The first kappa shape index (κ1) is 32.6. The maximum absolute atomic E-state index is 12.6. The van der Waals surface area contributed by atoms with Gasteiger partial charge in [-0.1, -0.05) is 29.5 Å². The number of nitrogens with zero attached hydrogens (tertiary/aromatic N) is 3. The highest BCUT2D eigenvalue weighted by atomic mass is 16.6. The zero-order valence-electron chi connectivity index (χ0n) is 26.3. The van der Waals surface area contributed by atoms with E-state index < -0.39 is 17.7 Å². The third-order valence-corrected chi connectivity index (χ3v) is 7.21. The van der Waals surface area contributed by atoms with Crippen LogP contribution in [0.5, 0.6) is 17.4 Å². The number of hydrogen-bond donors (Lipinski definition) is 1. The van der Waals surface area contributed by atoms with E-state index in [-0.39, 0.29) is 18.4 Å². The van der Waals surface area contributed by atoms with Gasteiger partial charge in [0, 0.05) is 6.54 Å². The van der Waals surface area contributed by atoms with Crippen LogP contribution in [-0.4, -0.2) is 65.6 Å². The van der Waals surface area contributed by atoms with Crippen molar-refractivity contribution in [2.75, 3.05) is 26.9 Å². The van der Waals surface area contributed by atoms with Crippen molar-refractivity contribution < 1.29 is 33.3 Å². The van der Waals surface area contributed by atoms with Gasteiger partial charge in [0.05, 0.1) is 26.9 Å². The fourth-order valence-corrected chi connectivity index (χ4v) is 5.03. The third kappa shape index (κ3) is 9.62.